The van der Waals surface area contributed by atoms with Gasteiger partial charge in [0.1, 0.15) is 11.0 Å². The smallest absolute Gasteiger partial charge is 0.131 e. The van der Waals surface area contributed by atoms with E-state index in [0.717, 1.165) is 5.56 Å². The minimum Gasteiger partial charge on any atom is -0.395 e. The Labute approximate surface area is 76.4 Å². The van der Waals surface area contributed by atoms with Crippen LogP contribution < -0.4 is 5.32 Å². The van der Waals surface area contributed by atoms with Crippen LogP contribution in [0.1, 0.15) is 5.56 Å². The van der Waals surface area contributed by atoms with Crippen molar-refractivity contribution in [2.75, 3.05) is 18.5 Å². The van der Waals surface area contributed by atoms with Gasteiger partial charge in [-0.05, 0) is 24.6 Å². The largest absolute Gasteiger partial charge is 0.395 e. The number of anilines is 1. The van der Waals surface area contributed by atoms with Crippen molar-refractivity contribution in [2.45, 2.75) is 6.92 Å². The zero-order chi connectivity index (χ0) is 8.97. The zero-order valence-electron chi connectivity index (χ0n) is 6.84. The number of aliphatic hydroxyl groups excluding tert-OH is 1. The van der Waals surface area contributed by atoms with Crippen molar-refractivity contribution in [1.82, 2.24) is 4.98 Å². The van der Waals surface area contributed by atoms with E-state index in [1.807, 2.05) is 13.0 Å². The second-order valence-electron chi connectivity index (χ2n) is 2.50. The first-order chi connectivity index (χ1) is 5.72. The number of aliphatic hydroxyl groups is 1. The molecule has 0 aliphatic rings. The third-order valence-electron chi connectivity index (χ3n) is 1.36. The van der Waals surface area contributed by atoms with Crippen LogP contribution in [0.4, 0.5) is 5.82 Å². The number of aryl methyl sites for hydroxylation is 1. The van der Waals surface area contributed by atoms with E-state index in [2.05, 4.69) is 10.3 Å². The summed E-state index contributed by atoms with van der Waals surface area (Å²) < 4.78 is 0. The fourth-order valence-corrected chi connectivity index (χ4v) is 1.16. The fourth-order valence-electron chi connectivity index (χ4n) is 0.899. The van der Waals surface area contributed by atoms with Crippen molar-refractivity contribution in [2.24, 2.45) is 0 Å². The molecule has 1 rings (SSSR count). The Balaban J connectivity index is 2.72. The molecule has 0 aliphatic heterocycles. The van der Waals surface area contributed by atoms with Gasteiger partial charge in [0.2, 0.25) is 0 Å². The minimum absolute atomic E-state index is 0.0905. The lowest BCUT2D eigenvalue weighted by atomic mass is 10.3. The summed E-state index contributed by atoms with van der Waals surface area (Å²) in [5.41, 5.74) is 1.05. The SMILES string of the molecule is Cc1cc(Cl)nc(NCCO)c1. The number of pyridine rings is 1. The molecular formula is C8H11ClN2O. The Bertz CT molecular complexity index is 245. The third kappa shape index (κ3) is 2.68. The molecule has 0 saturated carbocycles. The van der Waals surface area contributed by atoms with E-state index in [1.165, 1.54) is 0 Å². The fraction of sp³-hybridized carbons (Fsp3) is 0.375. The summed E-state index contributed by atoms with van der Waals surface area (Å²) >= 11 is 5.72. The summed E-state index contributed by atoms with van der Waals surface area (Å²) in [5.74, 6) is 0.703. The molecule has 0 bridgehead atoms. The average molecular weight is 187 g/mol. The van der Waals surface area contributed by atoms with Crippen LogP contribution in [0.2, 0.25) is 5.15 Å². The standard InChI is InChI=1S/C8H11ClN2O/c1-6-4-7(9)11-8(5-6)10-2-3-12/h4-5,12H,2-3H2,1H3,(H,10,11). The zero-order valence-corrected chi connectivity index (χ0v) is 7.60. The van der Waals surface area contributed by atoms with Gasteiger partial charge in [0.05, 0.1) is 6.61 Å². The topological polar surface area (TPSA) is 45.2 Å². The maximum Gasteiger partial charge on any atom is 0.131 e. The van der Waals surface area contributed by atoms with Gasteiger partial charge in [-0.1, -0.05) is 11.6 Å². The van der Waals surface area contributed by atoms with E-state index >= 15 is 0 Å². The molecule has 0 spiro atoms. The molecule has 66 valence electrons. The molecule has 0 saturated heterocycles. The Morgan fingerprint density at radius 3 is 2.92 bits per heavy atom. The number of halogens is 1. The van der Waals surface area contributed by atoms with Gasteiger partial charge in [-0.15, -0.1) is 0 Å². The molecule has 2 N–H and O–H groups in total. The van der Waals surface area contributed by atoms with Gasteiger partial charge in [0.25, 0.3) is 0 Å². The van der Waals surface area contributed by atoms with Crippen molar-refractivity contribution in [3.8, 4) is 0 Å². The normalized spacial score (nSPS) is 9.92. The number of aromatic nitrogens is 1. The molecule has 0 fully saturated rings. The Hall–Kier alpha value is -0.800. The van der Waals surface area contributed by atoms with Crippen molar-refractivity contribution in [1.29, 1.82) is 0 Å². The molecule has 3 nitrogen and oxygen atoms in total. The second-order valence-corrected chi connectivity index (χ2v) is 2.89. The molecule has 1 heterocycles. The molecule has 12 heavy (non-hydrogen) atoms. The molecule has 0 aliphatic carbocycles. The van der Waals surface area contributed by atoms with Crippen molar-refractivity contribution in [3.05, 3.63) is 22.8 Å². The molecule has 0 unspecified atom stereocenters. The first-order valence-electron chi connectivity index (χ1n) is 3.71. The number of hydrogen-bond acceptors (Lipinski definition) is 3. The van der Waals surface area contributed by atoms with Crippen LogP contribution in [0, 0.1) is 6.92 Å². The highest BCUT2D eigenvalue weighted by molar-refractivity contribution is 6.29. The van der Waals surface area contributed by atoms with E-state index in [9.17, 15) is 0 Å². The van der Waals surface area contributed by atoms with Crippen molar-refractivity contribution in [3.63, 3.8) is 0 Å². The number of nitrogens with zero attached hydrogens (tertiary/aromatic N) is 1. The molecule has 0 atom stereocenters. The molecule has 0 amide bonds. The van der Waals surface area contributed by atoms with Crippen LogP contribution in [0.25, 0.3) is 0 Å². The second kappa shape index (κ2) is 4.28. The third-order valence-corrected chi connectivity index (χ3v) is 1.55. The monoisotopic (exact) mass is 186 g/mol. The Kier molecular flexibility index (Phi) is 3.31. The first-order valence-corrected chi connectivity index (χ1v) is 4.09. The Morgan fingerprint density at radius 1 is 1.58 bits per heavy atom. The molecule has 1 aromatic rings. The van der Waals surface area contributed by atoms with Crippen molar-refractivity contribution >= 4 is 17.4 Å². The maximum absolute atomic E-state index is 8.54. The highest BCUT2D eigenvalue weighted by Gasteiger charge is 1.96. The number of nitrogens with one attached hydrogen (secondary N) is 1. The van der Waals surface area contributed by atoms with Crippen LogP contribution in [0.5, 0.6) is 0 Å². The summed E-state index contributed by atoms with van der Waals surface area (Å²) in [5, 5.41) is 11.9. The lowest BCUT2D eigenvalue weighted by molar-refractivity contribution is 0.311. The first kappa shape index (κ1) is 9.29. The highest BCUT2D eigenvalue weighted by Crippen LogP contribution is 2.12. The molecule has 0 aromatic carbocycles. The average Bonchev–Trinajstić information content (AvgIpc) is 1.99. The van der Waals surface area contributed by atoms with Gasteiger partial charge in [0.15, 0.2) is 0 Å². The highest BCUT2D eigenvalue weighted by atomic mass is 35.5. The van der Waals surface area contributed by atoms with Crippen molar-refractivity contribution < 1.29 is 5.11 Å². The molecule has 0 radical (unpaired) electrons. The minimum atomic E-state index is 0.0905. The van der Waals surface area contributed by atoms with Gasteiger partial charge in [0, 0.05) is 6.54 Å². The van der Waals surface area contributed by atoms with E-state index in [-0.39, 0.29) is 6.61 Å². The van der Waals surface area contributed by atoms with Gasteiger partial charge < -0.3 is 10.4 Å². The van der Waals surface area contributed by atoms with E-state index in [4.69, 9.17) is 16.7 Å². The quantitative estimate of drug-likeness (QED) is 0.703. The van der Waals surface area contributed by atoms with Crippen LogP contribution in [-0.4, -0.2) is 23.2 Å². The van der Waals surface area contributed by atoms with Gasteiger partial charge >= 0.3 is 0 Å². The lowest BCUT2D eigenvalue weighted by Crippen LogP contribution is -2.06. The maximum atomic E-state index is 8.54. The predicted molar refractivity (Wildman–Crippen MR) is 49.6 cm³/mol. The lowest BCUT2D eigenvalue weighted by Gasteiger charge is -2.04. The predicted octanol–water partition coefficient (Wildman–Crippen LogP) is 1.45. The summed E-state index contributed by atoms with van der Waals surface area (Å²) in [4.78, 5) is 4.01. The molecular weight excluding hydrogens is 176 g/mol. The van der Waals surface area contributed by atoms with Crippen LogP contribution >= 0.6 is 11.6 Å². The van der Waals surface area contributed by atoms with Gasteiger partial charge in [-0.25, -0.2) is 4.98 Å². The number of hydrogen-bond donors (Lipinski definition) is 2. The van der Waals surface area contributed by atoms with Crippen LogP contribution in [0.15, 0.2) is 12.1 Å². The van der Waals surface area contributed by atoms with E-state index < -0.39 is 0 Å². The summed E-state index contributed by atoms with van der Waals surface area (Å²) in [6, 6.07) is 3.66. The van der Waals surface area contributed by atoms with Crippen LogP contribution in [-0.2, 0) is 0 Å². The van der Waals surface area contributed by atoms with Gasteiger partial charge in [-0.3, -0.25) is 0 Å². The Morgan fingerprint density at radius 2 is 2.33 bits per heavy atom. The summed E-state index contributed by atoms with van der Waals surface area (Å²) in [6.45, 7) is 2.53. The summed E-state index contributed by atoms with van der Waals surface area (Å²) in [6.07, 6.45) is 0. The van der Waals surface area contributed by atoms with Gasteiger partial charge in [-0.2, -0.15) is 0 Å². The van der Waals surface area contributed by atoms with E-state index in [1.54, 1.807) is 6.07 Å². The van der Waals surface area contributed by atoms with E-state index in [0.29, 0.717) is 17.5 Å². The summed E-state index contributed by atoms with van der Waals surface area (Å²) in [7, 11) is 0. The molecule has 1 aromatic heterocycles. The molecule has 4 heteroatoms. The number of rotatable bonds is 3. The van der Waals surface area contributed by atoms with Crippen LogP contribution in [0.3, 0.4) is 0 Å².